The first-order valence-corrected chi connectivity index (χ1v) is 13.0. The quantitative estimate of drug-likeness (QED) is 0.369. The first-order chi connectivity index (χ1) is 16.3. The Bertz CT molecular complexity index is 1200. The smallest absolute Gasteiger partial charge is 0.341 e. The molecule has 1 saturated heterocycles. The lowest BCUT2D eigenvalue weighted by atomic mass is 9.95. The average Bonchev–Trinajstić information content (AvgIpc) is 3.28. The summed E-state index contributed by atoms with van der Waals surface area (Å²) in [6.45, 7) is 1.46. The Hall–Kier alpha value is -2.33. The predicted octanol–water partition coefficient (Wildman–Crippen LogP) is 5.79. The molecular weight excluding hydrogens is 519 g/mol. The molecule has 11 heteroatoms. The summed E-state index contributed by atoms with van der Waals surface area (Å²) in [6, 6.07) is 4.92. The summed E-state index contributed by atoms with van der Waals surface area (Å²) in [7, 11) is 0. The fourth-order valence-electron chi connectivity index (χ4n) is 3.80. The van der Waals surface area contributed by atoms with Crippen molar-refractivity contribution in [3.8, 4) is 0 Å². The van der Waals surface area contributed by atoms with Gasteiger partial charge in [-0.05, 0) is 68.1 Å². The molecular formula is C23H20Cl2N2O5S2. The van der Waals surface area contributed by atoms with Crippen molar-refractivity contribution in [2.24, 2.45) is 0 Å². The molecule has 0 bridgehead atoms. The Balaban J connectivity index is 1.52. The molecule has 1 aliphatic heterocycles. The molecule has 2 heterocycles. The van der Waals surface area contributed by atoms with Crippen molar-refractivity contribution in [2.45, 2.75) is 32.6 Å². The molecule has 178 valence electrons. The molecule has 7 nitrogen and oxygen atoms in total. The maximum atomic E-state index is 12.8. The summed E-state index contributed by atoms with van der Waals surface area (Å²) in [4.78, 5) is 52.7. The predicted molar refractivity (Wildman–Crippen MR) is 135 cm³/mol. The van der Waals surface area contributed by atoms with E-state index in [0.717, 1.165) is 41.0 Å². The highest BCUT2D eigenvalue weighted by Gasteiger charge is 2.37. The Labute approximate surface area is 214 Å². The number of amides is 3. The molecule has 1 fully saturated rings. The van der Waals surface area contributed by atoms with E-state index >= 15 is 0 Å². The molecule has 3 amide bonds. The van der Waals surface area contributed by atoms with Crippen molar-refractivity contribution < 1.29 is 23.9 Å². The van der Waals surface area contributed by atoms with E-state index in [1.54, 1.807) is 25.1 Å². The van der Waals surface area contributed by atoms with E-state index in [0.29, 0.717) is 37.9 Å². The number of fused-ring (bicyclic) bond motifs is 1. The number of benzene rings is 1. The minimum Gasteiger partial charge on any atom is -0.462 e. The van der Waals surface area contributed by atoms with Crippen LogP contribution in [0.25, 0.3) is 6.08 Å². The van der Waals surface area contributed by atoms with Gasteiger partial charge in [-0.15, -0.1) is 11.3 Å². The van der Waals surface area contributed by atoms with Crippen LogP contribution in [0.5, 0.6) is 0 Å². The number of halogens is 2. The van der Waals surface area contributed by atoms with E-state index < -0.39 is 29.6 Å². The first-order valence-electron chi connectivity index (χ1n) is 10.6. The largest absolute Gasteiger partial charge is 0.462 e. The van der Waals surface area contributed by atoms with Gasteiger partial charge in [0.2, 0.25) is 5.91 Å². The molecule has 34 heavy (non-hydrogen) atoms. The van der Waals surface area contributed by atoms with Gasteiger partial charge in [0.25, 0.3) is 11.1 Å². The van der Waals surface area contributed by atoms with Gasteiger partial charge in [-0.2, -0.15) is 0 Å². The zero-order valence-electron chi connectivity index (χ0n) is 18.1. The van der Waals surface area contributed by atoms with Crippen LogP contribution >= 0.6 is 46.3 Å². The average molecular weight is 539 g/mol. The topological polar surface area (TPSA) is 92.8 Å². The Morgan fingerprint density at radius 2 is 1.88 bits per heavy atom. The number of rotatable bonds is 6. The molecule has 0 unspecified atom stereocenters. The van der Waals surface area contributed by atoms with Crippen LogP contribution in [0.2, 0.25) is 10.0 Å². The van der Waals surface area contributed by atoms with E-state index in [9.17, 15) is 19.2 Å². The van der Waals surface area contributed by atoms with Gasteiger partial charge in [-0.1, -0.05) is 29.3 Å². The molecule has 2 aromatic rings. The zero-order chi connectivity index (χ0) is 24.4. The van der Waals surface area contributed by atoms with E-state index in [2.05, 4.69) is 5.32 Å². The van der Waals surface area contributed by atoms with Crippen LogP contribution < -0.4 is 5.32 Å². The minimum atomic E-state index is -0.614. The molecule has 1 aromatic heterocycles. The minimum absolute atomic E-state index is 0.117. The monoisotopic (exact) mass is 538 g/mol. The van der Waals surface area contributed by atoms with Crippen molar-refractivity contribution in [1.82, 2.24) is 4.90 Å². The second-order valence-corrected chi connectivity index (χ2v) is 10.5. The lowest BCUT2D eigenvalue weighted by Gasteiger charge is -2.13. The van der Waals surface area contributed by atoms with Crippen molar-refractivity contribution >= 4 is 80.4 Å². The number of thioether (sulfide) groups is 1. The number of ether oxygens (including phenoxy) is 1. The number of nitrogens with one attached hydrogen (secondary N) is 1. The Morgan fingerprint density at radius 3 is 2.59 bits per heavy atom. The normalized spacial score (nSPS) is 16.7. The molecule has 0 saturated carbocycles. The van der Waals surface area contributed by atoms with Crippen LogP contribution in [0.15, 0.2) is 23.1 Å². The third kappa shape index (κ3) is 5.02. The highest BCUT2D eigenvalue weighted by molar-refractivity contribution is 8.18. The van der Waals surface area contributed by atoms with Crippen molar-refractivity contribution in [3.63, 3.8) is 0 Å². The van der Waals surface area contributed by atoms with Gasteiger partial charge < -0.3 is 10.1 Å². The number of aryl methyl sites for hydroxylation is 1. The highest BCUT2D eigenvalue weighted by atomic mass is 35.5. The number of imide groups is 1. The van der Waals surface area contributed by atoms with Crippen molar-refractivity contribution in [3.05, 3.63) is 54.7 Å². The zero-order valence-corrected chi connectivity index (χ0v) is 21.3. The van der Waals surface area contributed by atoms with Gasteiger partial charge in [0.05, 0.1) is 17.1 Å². The fraction of sp³-hybridized carbons (Fsp3) is 0.304. The second kappa shape index (κ2) is 10.5. The summed E-state index contributed by atoms with van der Waals surface area (Å²) >= 11 is 14.4. The van der Waals surface area contributed by atoms with Gasteiger partial charge in [0.1, 0.15) is 11.5 Å². The van der Waals surface area contributed by atoms with Crippen LogP contribution in [-0.4, -0.2) is 41.1 Å². The van der Waals surface area contributed by atoms with Crippen LogP contribution in [0.1, 0.15) is 46.1 Å². The number of hydrogen-bond acceptors (Lipinski definition) is 7. The number of anilines is 1. The molecule has 4 rings (SSSR count). The standard InChI is InChI=1S/C23H20Cl2N2O5S2/c1-2-32-22(30)19-12-6-3-4-9-16(12)33-20(19)26-18(28)11-27-21(29)17(34-23(27)31)10-13-14(24)7-5-8-15(13)25/h5,7-8,10H,2-4,6,9,11H2,1H3,(H,26,28). The molecule has 0 radical (unpaired) electrons. The molecule has 1 N–H and O–H groups in total. The van der Waals surface area contributed by atoms with Gasteiger partial charge in [-0.25, -0.2) is 4.79 Å². The summed E-state index contributed by atoms with van der Waals surface area (Å²) in [5.74, 6) is -1.68. The number of carbonyl (C=O) groups excluding carboxylic acids is 4. The molecule has 2 aliphatic rings. The summed E-state index contributed by atoms with van der Waals surface area (Å²) in [5, 5.41) is 3.21. The van der Waals surface area contributed by atoms with Gasteiger partial charge >= 0.3 is 5.97 Å². The first kappa shape index (κ1) is 24.8. The third-order valence-corrected chi connectivity index (χ3v) is 8.13. The summed E-state index contributed by atoms with van der Waals surface area (Å²) in [5.41, 5.74) is 1.71. The molecule has 1 aliphatic carbocycles. The maximum Gasteiger partial charge on any atom is 0.341 e. The molecule has 0 spiro atoms. The number of hydrogen-bond donors (Lipinski definition) is 1. The maximum absolute atomic E-state index is 12.8. The summed E-state index contributed by atoms with van der Waals surface area (Å²) < 4.78 is 5.20. The van der Waals surface area contributed by atoms with E-state index in [4.69, 9.17) is 27.9 Å². The number of carbonyl (C=O) groups is 4. The Kier molecular flexibility index (Phi) is 7.67. The SMILES string of the molecule is CCOC(=O)c1c(NC(=O)CN2C(=O)SC(=Cc3c(Cl)cccc3Cl)C2=O)sc2c1CCCC2. The van der Waals surface area contributed by atoms with Gasteiger partial charge in [0, 0.05) is 20.5 Å². The Morgan fingerprint density at radius 1 is 1.18 bits per heavy atom. The van der Waals surface area contributed by atoms with Gasteiger partial charge in [0.15, 0.2) is 0 Å². The third-order valence-electron chi connectivity index (χ3n) is 5.35. The second-order valence-electron chi connectivity index (χ2n) is 7.59. The molecule has 0 atom stereocenters. The van der Waals surface area contributed by atoms with Crippen molar-refractivity contribution in [1.29, 1.82) is 0 Å². The number of thiophene rings is 1. The van der Waals surface area contributed by atoms with Gasteiger partial charge in [-0.3, -0.25) is 19.3 Å². The van der Waals surface area contributed by atoms with Crippen LogP contribution in [-0.2, 0) is 27.2 Å². The van der Waals surface area contributed by atoms with Crippen LogP contribution in [0.4, 0.5) is 9.80 Å². The van der Waals surface area contributed by atoms with E-state index in [1.807, 2.05) is 0 Å². The number of esters is 1. The van der Waals surface area contributed by atoms with E-state index in [-0.39, 0.29) is 11.5 Å². The van der Waals surface area contributed by atoms with Crippen LogP contribution in [0, 0.1) is 0 Å². The molecule has 1 aromatic carbocycles. The number of nitrogens with zero attached hydrogens (tertiary/aromatic N) is 1. The highest BCUT2D eigenvalue weighted by Crippen LogP contribution is 2.39. The van der Waals surface area contributed by atoms with E-state index in [1.165, 1.54) is 17.4 Å². The fourth-order valence-corrected chi connectivity index (χ4v) is 6.42. The summed E-state index contributed by atoms with van der Waals surface area (Å²) in [6.07, 6.45) is 5.00. The van der Waals surface area contributed by atoms with Crippen LogP contribution in [0.3, 0.4) is 0 Å². The lowest BCUT2D eigenvalue weighted by Crippen LogP contribution is -2.36. The lowest BCUT2D eigenvalue weighted by molar-refractivity contribution is -0.127. The van der Waals surface area contributed by atoms with Crippen molar-refractivity contribution in [2.75, 3.05) is 18.5 Å².